The van der Waals surface area contributed by atoms with Crippen molar-refractivity contribution in [1.29, 1.82) is 0 Å². The number of hydrogen-bond donors (Lipinski definition) is 0. The van der Waals surface area contributed by atoms with Crippen LogP contribution in [-0.4, -0.2) is 58.5 Å². The van der Waals surface area contributed by atoms with Crippen LogP contribution < -0.4 is 4.90 Å². The van der Waals surface area contributed by atoms with Crippen molar-refractivity contribution < 1.29 is 0 Å². The summed E-state index contributed by atoms with van der Waals surface area (Å²) in [6, 6.07) is 7.68. The van der Waals surface area contributed by atoms with E-state index in [0.29, 0.717) is 0 Å². The predicted molar refractivity (Wildman–Crippen MR) is 117 cm³/mol. The minimum Gasteiger partial charge on any atom is -0.338 e. The molecule has 2 aromatic rings. The van der Waals surface area contributed by atoms with Crippen LogP contribution in [0.4, 0.5) is 5.95 Å². The van der Waals surface area contributed by atoms with Crippen LogP contribution in [-0.2, 0) is 19.5 Å². The molecule has 29 heavy (non-hydrogen) atoms. The third kappa shape index (κ3) is 4.03. The number of rotatable bonds is 4. The van der Waals surface area contributed by atoms with Gasteiger partial charge in [0.1, 0.15) is 0 Å². The molecule has 154 valence electrons. The summed E-state index contributed by atoms with van der Waals surface area (Å²) < 4.78 is 0. The van der Waals surface area contributed by atoms with Crippen LogP contribution in [0.2, 0.25) is 0 Å². The zero-order valence-electron chi connectivity index (χ0n) is 17.9. The first-order valence-corrected chi connectivity index (χ1v) is 11.3. The highest BCUT2D eigenvalue weighted by Gasteiger charge is 2.29. The number of aromatic nitrogens is 2. The standard InChI is InChI=1S/C24H33N5/c1-18-6-7-20(14-19(18)2)16-27-9-8-23-21(17-27)15-25-24(26-23)29-12-10-28(11-13-29)22-4-3-5-22/h6-7,14-15,22H,3-5,8-13,16-17H2,1-2H3. The van der Waals surface area contributed by atoms with Crippen molar-refractivity contribution in [3.8, 4) is 0 Å². The Morgan fingerprint density at radius 2 is 1.83 bits per heavy atom. The van der Waals surface area contributed by atoms with E-state index < -0.39 is 0 Å². The molecular weight excluding hydrogens is 358 g/mol. The maximum Gasteiger partial charge on any atom is 0.225 e. The van der Waals surface area contributed by atoms with E-state index in [1.165, 1.54) is 47.2 Å². The lowest BCUT2D eigenvalue weighted by Crippen LogP contribution is -2.52. The summed E-state index contributed by atoms with van der Waals surface area (Å²) in [6.45, 7) is 11.9. The Hall–Kier alpha value is -1.98. The normalized spacial score (nSPS) is 21.1. The van der Waals surface area contributed by atoms with Crippen molar-refractivity contribution in [3.63, 3.8) is 0 Å². The molecule has 0 spiro atoms. The first kappa shape index (κ1) is 19.0. The van der Waals surface area contributed by atoms with Crippen LogP contribution in [0.5, 0.6) is 0 Å². The predicted octanol–water partition coefficient (Wildman–Crippen LogP) is 3.33. The molecule has 0 amide bonds. The molecule has 2 fully saturated rings. The average molecular weight is 392 g/mol. The summed E-state index contributed by atoms with van der Waals surface area (Å²) >= 11 is 0. The minimum absolute atomic E-state index is 0.852. The van der Waals surface area contributed by atoms with Crippen LogP contribution in [0.15, 0.2) is 24.4 Å². The average Bonchev–Trinajstić information content (AvgIpc) is 2.70. The number of fused-ring (bicyclic) bond motifs is 1. The van der Waals surface area contributed by atoms with Gasteiger partial charge in [-0.3, -0.25) is 9.80 Å². The molecule has 2 aliphatic heterocycles. The number of piperazine rings is 1. The third-order valence-electron chi connectivity index (χ3n) is 7.17. The van der Waals surface area contributed by atoms with E-state index in [1.807, 2.05) is 0 Å². The van der Waals surface area contributed by atoms with Crippen molar-refractivity contribution in [2.45, 2.75) is 58.7 Å². The van der Waals surface area contributed by atoms with E-state index in [0.717, 1.165) is 64.2 Å². The first-order valence-electron chi connectivity index (χ1n) is 11.3. The lowest BCUT2D eigenvalue weighted by atomic mass is 9.91. The second-order valence-corrected chi connectivity index (χ2v) is 9.13. The smallest absolute Gasteiger partial charge is 0.225 e. The van der Waals surface area contributed by atoms with Crippen LogP contribution in [0.25, 0.3) is 0 Å². The molecule has 5 rings (SSSR count). The van der Waals surface area contributed by atoms with E-state index in [1.54, 1.807) is 0 Å². The van der Waals surface area contributed by atoms with Crippen molar-refractivity contribution >= 4 is 5.95 Å². The molecule has 0 bridgehead atoms. The van der Waals surface area contributed by atoms with Gasteiger partial charge in [0.25, 0.3) is 0 Å². The Morgan fingerprint density at radius 1 is 1.00 bits per heavy atom. The summed E-state index contributed by atoms with van der Waals surface area (Å²) in [5.41, 5.74) is 6.71. The second kappa shape index (κ2) is 8.04. The first-order chi connectivity index (χ1) is 14.2. The zero-order valence-corrected chi connectivity index (χ0v) is 17.9. The Bertz CT molecular complexity index is 868. The third-order valence-corrected chi connectivity index (χ3v) is 7.17. The van der Waals surface area contributed by atoms with Gasteiger partial charge in [0.05, 0.1) is 5.69 Å². The molecule has 1 saturated heterocycles. The second-order valence-electron chi connectivity index (χ2n) is 9.13. The quantitative estimate of drug-likeness (QED) is 0.799. The number of hydrogen-bond acceptors (Lipinski definition) is 5. The van der Waals surface area contributed by atoms with Gasteiger partial charge in [0.2, 0.25) is 5.95 Å². The molecule has 3 heterocycles. The highest BCUT2D eigenvalue weighted by atomic mass is 15.3. The molecular formula is C24H33N5. The van der Waals surface area contributed by atoms with E-state index in [2.05, 4.69) is 52.9 Å². The van der Waals surface area contributed by atoms with Crippen molar-refractivity contribution in [2.24, 2.45) is 0 Å². The Kier molecular flexibility index (Phi) is 5.27. The Morgan fingerprint density at radius 3 is 2.55 bits per heavy atom. The Balaban J connectivity index is 1.21. The van der Waals surface area contributed by atoms with Crippen molar-refractivity contribution in [2.75, 3.05) is 37.6 Å². The van der Waals surface area contributed by atoms with Crippen LogP contribution >= 0.6 is 0 Å². The van der Waals surface area contributed by atoms with E-state index in [-0.39, 0.29) is 0 Å². The van der Waals surface area contributed by atoms with Crippen LogP contribution in [0.1, 0.15) is 47.2 Å². The summed E-state index contributed by atoms with van der Waals surface area (Å²) in [4.78, 5) is 17.3. The molecule has 0 radical (unpaired) electrons. The van der Waals surface area contributed by atoms with E-state index in [4.69, 9.17) is 9.97 Å². The summed E-state index contributed by atoms with van der Waals surface area (Å²) in [7, 11) is 0. The van der Waals surface area contributed by atoms with E-state index >= 15 is 0 Å². The largest absolute Gasteiger partial charge is 0.338 e. The summed E-state index contributed by atoms with van der Waals surface area (Å²) in [5.74, 6) is 0.944. The van der Waals surface area contributed by atoms with Crippen molar-refractivity contribution in [1.82, 2.24) is 19.8 Å². The lowest BCUT2D eigenvalue weighted by Gasteiger charge is -2.43. The van der Waals surface area contributed by atoms with Gasteiger partial charge in [-0.25, -0.2) is 9.97 Å². The maximum absolute atomic E-state index is 4.98. The van der Waals surface area contributed by atoms with Gasteiger partial charge >= 0.3 is 0 Å². The fraction of sp³-hybridized carbons (Fsp3) is 0.583. The van der Waals surface area contributed by atoms with Gasteiger partial charge in [-0.15, -0.1) is 0 Å². The zero-order chi connectivity index (χ0) is 19.8. The molecule has 1 saturated carbocycles. The molecule has 3 aliphatic rings. The highest BCUT2D eigenvalue weighted by Crippen LogP contribution is 2.27. The molecule has 0 atom stereocenters. The maximum atomic E-state index is 4.98. The fourth-order valence-electron chi connectivity index (χ4n) is 4.85. The SMILES string of the molecule is Cc1ccc(CN2CCc3nc(N4CCN(C5CCC5)CC4)ncc3C2)cc1C. The highest BCUT2D eigenvalue weighted by molar-refractivity contribution is 5.35. The van der Waals surface area contributed by atoms with Crippen LogP contribution in [0.3, 0.4) is 0 Å². The summed E-state index contributed by atoms with van der Waals surface area (Å²) in [6.07, 6.45) is 7.32. The summed E-state index contributed by atoms with van der Waals surface area (Å²) in [5, 5.41) is 0. The molecule has 0 N–H and O–H groups in total. The number of benzene rings is 1. The number of aryl methyl sites for hydroxylation is 2. The topological polar surface area (TPSA) is 35.5 Å². The van der Waals surface area contributed by atoms with Gasteiger partial charge in [0, 0.05) is 70.0 Å². The van der Waals surface area contributed by atoms with Crippen LogP contribution in [0, 0.1) is 13.8 Å². The van der Waals surface area contributed by atoms with Gasteiger partial charge in [-0.05, 0) is 43.4 Å². The van der Waals surface area contributed by atoms with Gasteiger partial charge in [0.15, 0.2) is 0 Å². The molecule has 1 aromatic carbocycles. The number of anilines is 1. The Labute approximate surface area is 174 Å². The van der Waals surface area contributed by atoms with Gasteiger partial charge in [-0.2, -0.15) is 0 Å². The minimum atomic E-state index is 0.852. The molecule has 5 nitrogen and oxygen atoms in total. The molecule has 5 heteroatoms. The molecule has 1 aromatic heterocycles. The lowest BCUT2D eigenvalue weighted by molar-refractivity contribution is 0.120. The fourth-order valence-corrected chi connectivity index (χ4v) is 4.85. The molecule has 0 unspecified atom stereocenters. The van der Waals surface area contributed by atoms with Crippen molar-refractivity contribution in [3.05, 3.63) is 52.3 Å². The number of nitrogens with zero attached hydrogens (tertiary/aromatic N) is 5. The monoisotopic (exact) mass is 391 g/mol. The van der Waals surface area contributed by atoms with Gasteiger partial charge in [-0.1, -0.05) is 24.6 Å². The van der Waals surface area contributed by atoms with Gasteiger partial charge < -0.3 is 4.90 Å². The van der Waals surface area contributed by atoms with E-state index in [9.17, 15) is 0 Å². The molecule has 1 aliphatic carbocycles.